The number of nitrogens with one attached hydrogen (secondary N) is 2. The van der Waals surface area contributed by atoms with E-state index in [-0.39, 0.29) is 0 Å². The summed E-state index contributed by atoms with van der Waals surface area (Å²) < 4.78 is 0. The van der Waals surface area contributed by atoms with Gasteiger partial charge in [0.15, 0.2) is 0 Å². The van der Waals surface area contributed by atoms with Crippen LogP contribution in [0, 0.1) is 0 Å². The summed E-state index contributed by atoms with van der Waals surface area (Å²) in [4.78, 5) is 0. The van der Waals surface area contributed by atoms with E-state index in [1.807, 2.05) is 26.0 Å². The Labute approximate surface area is 61.3 Å². The first kappa shape index (κ1) is 6.93. The maximum atomic E-state index is 3.74. The van der Waals surface area contributed by atoms with Crippen LogP contribution in [0.25, 0.3) is 0 Å². The van der Waals surface area contributed by atoms with Gasteiger partial charge in [-0.2, -0.15) is 0 Å². The quantitative estimate of drug-likeness (QED) is 0.570. The van der Waals surface area contributed by atoms with Gasteiger partial charge >= 0.3 is 0 Å². The molecule has 2 heteroatoms. The molecule has 2 nitrogen and oxygen atoms in total. The summed E-state index contributed by atoms with van der Waals surface area (Å²) in [7, 11) is 0. The van der Waals surface area contributed by atoms with Crippen LogP contribution in [0.15, 0.2) is 35.9 Å². The van der Waals surface area contributed by atoms with Gasteiger partial charge in [-0.15, -0.1) is 0 Å². The highest BCUT2D eigenvalue weighted by Crippen LogP contribution is 2.08. The minimum absolute atomic E-state index is 0.852. The van der Waals surface area contributed by atoms with Crippen molar-refractivity contribution in [2.24, 2.45) is 0 Å². The van der Waals surface area contributed by atoms with Gasteiger partial charge in [-0.3, -0.25) is 0 Å². The summed E-state index contributed by atoms with van der Waals surface area (Å²) in [5.74, 6) is 0.852. The van der Waals surface area contributed by atoms with E-state index in [1.54, 1.807) is 0 Å². The second-order valence-electron chi connectivity index (χ2n) is 2.27. The molecule has 0 aromatic carbocycles. The highest BCUT2D eigenvalue weighted by atomic mass is 15.2. The summed E-state index contributed by atoms with van der Waals surface area (Å²) in [5, 5.41) is 6.17. The molecule has 2 N–H and O–H groups in total. The van der Waals surface area contributed by atoms with Crippen LogP contribution < -0.4 is 10.6 Å². The topological polar surface area (TPSA) is 24.1 Å². The maximum Gasteiger partial charge on any atom is 0.1000 e. The van der Waals surface area contributed by atoms with Gasteiger partial charge in [0.2, 0.25) is 0 Å². The average molecular weight is 136 g/mol. The number of hydrogen-bond acceptors (Lipinski definition) is 2. The Hall–Kier alpha value is -1.18. The summed E-state index contributed by atoms with van der Waals surface area (Å²) >= 11 is 0. The lowest BCUT2D eigenvalue weighted by molar-refractivity contribution is 0.957. The lowest BCUT2D eigenvalue weighted by atomic mass is 10.3. The minimum atomic E-state index is 0.852. The first-order chi connectivity index (χ1) is 4.74. The zero-order valence-corrected chi connectivity index (χ0v) is 6.36. The molecule has 1 heterocycles. The SMILES string of the molecule is C=C1NC(C)=C(/C=C\C)N1. The van der Waals surface area contributed by atoms with Gasteiger partial charge in [-0.1, -0.05) is 12.7 Å². The van der Waals surface area contributed by atoms with E-state index in [1.165, 1.54) is 0 Å². The van der Waals surface area contributed by atoms with Crippen LogP contribution in [0.4, 0.5) is 0 Å². The Morgan fingerprint density at radius 3 is 2.50 bits per heavy atom. The molecule has 0 aromatic rings. The largest absolute Gasteiger partial charge is 0.344 e. The average Bonchev–Trinajstić information content (AvgIpc) is 2.13. The second kappa shape index (κ2) is 2.60. The molecular formula is C8H12N2. The van der Waals surface area contributed by atoms with Crippen LogP contribution in [0.5, 0.6) is 0 Å². The normalized spacial score (nSPS) is 18.0. The van der Waals surface area contributed by atoms with Crippen molar-refractivity contribution in [3.63, 3.8) is 0 Å². The van der Waals surface area contributed by atoms with E-state index in [0.29, 0.717) is 0 Å². The number of allylic oxidation sites excluding steroid dienone is 3. The third-order valence-corrected chi connectivity index (χ3v) is 1.36. The summed E-state index contributed by atoms with van der Waals surface area (Å²) in [5.41, 5.74) is 2.23. The Balaban J connectivity index is 2.75. The van der Waals surface area contributed by atoms with E-state index in [2.05, 4.69) is 17.2 Å². The molecule has 0 fully saturated rings. The van der Waals surface area contributed by atoms with Crippen LogP contribution in [0.1, 0.15) is 13.8 Å². The van der Waals surface area contributed by atoms with E-state index in [4.69, 9.17) is 0 Å². The third-order valence-electron chi connectivity index (χ3n) is 1.36. The zero-order valence-electron chi connectivity index (χ0n) is 6.36. The van der Waals surface area contributed by atoms with Crippen molar-refractivity contribution in [3.05, 3.63) is 35.9 Å². The van der Waals surface area contributed by atoms with E-state index < -0.39 is 0 Å². The van der Waals surface area contributed by atoms with Crippen molar-refractivity contribution in [2.45, 2.75) is 13.8 Å². The molecule has 1 aliphatic rings. The molecular weight excluding hydrogens is 124 g/mol. The van der Waals surface area contributed by atoms with Crippen LogP contribution in [-0.4, -0.2) is 0 Å². The molecule has 0 spiro atoms. The smallest absolute Gasteiger partial charge is 0.1000 e. The highest BCUT2D eigenvalue weighted by molar-refractivity contribution is 5.31. The number of rotatable bonds is 1. The van der Waals surface area contributed by atoms with Gasteiger partial charge in [0.25, 0.3) is 0 Å². The van der Waals surface area contributed by atoms with E-state index in [0.717, 1.165) is 17.2 Å². The van der Waals surface area contributed by atoms with Crippen LogP contribution in [-0.2, 0) is 0 Å². The zero-order chi connectivity index (χ0) is 7.56. The van der Waals surface area contributed by atoms with Gasteiger partial charge in [0, 0.05) is 5.70 Å². The van der Waals surface area contributed by atoms with Crippen molar-refractivity contribution in [1.82, 2.24) is 10.6 Å². The fraction of sp³-hybridized carbons (Fsp3) is 0.250. The summed E-state index contributed by atoms with van der Waals surface area (Å²) in [6.45, 7) is 7.74. The number of hydrogen-bond donors (Lipinski definition) is 2. The first-order valence-corrected chi connectivity index (χ1v) is 3.30. The van der Waals surface area contributed by atoms with Crippen LogP contribution in [0.2, 0.25) is 0 Å². The van der Waals surface area contributed by atoms with E-state index >= 15 is 0 Å². The minimum Gasteiger partial charge on any atom is -0.344 e. The molecule has 0 unspecified atom stereocenters. The van der Waals surface area contributed by atoms with Crippen molar-refractivity contribution in [2.75, 3.05) is 0 Å². The molecule has 10 heavy (non-hydrogen) atoms. The Bertz CT molecular complexity index is 211. The summed E-state index contributed by atoms with van der Waals surface area (Å²) in [6.07, 6.45) is 4.01. The standard InChI is InChI=1S/C8H12N2/c1-4-5-8-6(2)9-7(3)10-8/h4-5,9-10H,3H2,1-2H3/b5-4-. The predicted molar refractivity (Wildman–Crippen MR) is 42.9 cm³/mol. The lowest BCUT2D eigenvalue weighted by Gasteiger charge is -1.95. The van der Waals surface area contributed by atoms with Gasteiger partial charge < -0.3 is 10.6 Å². The molecule has 1 rings (SSSR count). The molecule has 1 aliphatic heterocycles. The van der Waals surface area contributed by atoms with Crippen LogP contribution >= 0.6 is 0 Å². The molecule has 0 radical (unpaired) electrons. The molecule has 0 saturated carbocycles. The monoisotopic (exact) mass is 136 g/mol. The fourth-order valence-electron chi connectivity index (χ4n) is 0.915. The fourth-order valence-corrected chi connectivity index (χ4v) is 0.915. The molecule has 0 atom stereocenters. The molecule has 0 bridgehead atoms. The van der Waals surface area contributed by atoms with E-state index in [9.17, 15) is 0 Å². The predicted octanol–water partition coefficient (Wildman–Crippen LogP) is 1.46. The molecule has 54 valence electrons. The third kappa shape index (κ3) is 1.21. The van der Waals surface area contributed by atoms with Gasteiger partial charge in [-0.05, 0) is 19.9 Å². The Morgan fingerprint density at radius 1 is 1.40 bits per heavy atom. The lowest BCUT2D eigenvalue weighted by Crippen LogP contribution is -2.10. The van der Waals surface area contributed by atoms with Gasteiger partial charge in [-0.25, -0.2) is 0 Å². The first-order valence-electron chi connectivity index (χ1n) is 3.30. The maximum absolute atomic E-state index is 3.74. The van der Waals surface area contributed by atoms with Crippen LogP contribution in [0.3, 0.4) is 0 Å². The van der Waals surface area contributed by atoms with Crippen molar-refractivity contribution in [1.29, 1.82) is 0 Å². The molecule has 0 aliphatic carbocycles. The van der Waals surface area contributed by atoms with Crippen molar-refractivity contribution >= 4 is 0 Å². The van der Waals surface area contributed by atoms with Gasteiger partial charge in [0.1, 0.15) is 0 Å². The Morgan fingerprint density at radius 2 is 2.10 bits per heavy atom. The van der Waals surface area contributed by atoms with Gasteiger partial charge in [0.05, 0.1) is 11.5 Å². The second-order valence-corrected chi connectivity index (χ2v) is 2.27. The molecule has 0 aromatic heterocycles. The molecule has 0 saturated heterocycles. The Kier molecular flexibility index (Phi) is 1.81. The van der Waals surface area contributed by atoms with Crippen molar-refractivity contribution in [3.8, 4) is 0 Å². The highest BCUT2D eigenvalue weighted by Gasteiger charge is 2.07. The molecule has 0 amide bonds. The van der Waals surface area contributed by atoms with Crippen molar-refractivity contribution < 1.29 is 0 Å². The summed E-state index contributed by atoms with van der Waals surface area (Å²) in [6, 6.07) is 0.